The molecule has 3 aliphatic rings. The van der Waals surface area contributed by atoms with Gasteiger partial charge >= 0.3 is 5.97 Å². The maximum atomic E-state index is 14.7. The molecule has 0 unspecified atom stereocenters. The third-order valence-electron chi connectivity index (χ3n) is 10.1. The fourth-order valence-corrected chi connectivity index (χ4v) is 8.01. The highest BCUT2D eigenvalue weighted by Gasteiger charge is 2.46. The van der Waals surface area contributed by atoms with Gasteiger partial charge in [0, 0.05) is 67.2 Å². The number of aliphatic carboxylic acids is 1. The van der Waals surface area contributed by atoms with Crippen LogP contribution in [0, 0.1) is 17.3 Å². The molecule has 2 aliphatic heterocycles. The van der Waals surface area contributed by atoms with Crippen molar-refractivity contribution in [1.29, 1.82) is 0 Å². The van der Waals surface area contributed by atoms with Gasteiger partial charge in [0.1, 0.15) is 5.75 Å². The number of alkyl halides is 2. The van der Waals surface area contributed by atoms with Crippen LogP contribution in [0.5, 0.6) is 5.75 Å². The van der Waals surface area contributed by atoms with Crippen LogP contribution in [0.3, 0.4) is 0 Å². The van der Waals surface area contributed by atoms with Crippen LogP contribution in [0.4, 0.5) is 20.2 Å². The Kier molecular flexibility index (Phi) is 10.4. The lowest BCUT2D eigenvalue weighted by Gasteiger charge is -2.56. The summed E-state index contributed by atoms with van der Waals surface area (Å²) in [6.07, 6.45) is 8.31. The van der Waals surface area contributed by atoms with Crippen LogP contribution in [-0.2, 0) is 25.9 Å². The molecule has 0 atom stereocenters. The highest BCUT2D eigenvalue weighted by atomic mass is 32.2. The number of fused-ring (bicyclic) bond motifs is 1. The number of nitrogens with one attached hydrogen (secondary N) is 2. The molecule has 1 aliphatic carbocycles. The molecule has 0 bridgehead atoms. The Labute approximate surface area is 291 Å². The van der Waals surface area contributed by atoms with Crippen molar-refractivity contribution in [3.05, 3.63) is 60.8 Å². The summed E-state index contributed by atoms with van der Waals surface area (Å²) >= 11 is 0. The van der Waals surface area contributed by atoms with Gasteiger partial charge in [0.15, 0.2) is 16.4 Å². The normalized spacial score (nSPS) is 20.8. The fourth-order valence-electron chi connectivity index (χ4n) is 7.37. The Hall–Kier alpha value is -4.12. The zero-order valence-electron chi connectivity index (χ0n) is 28.2. The first-order valence-electron chi connectivity index (χ1n) is 17.0. The first-order valence-corrected chi connectivity index (χ1v) is 18.9. The van der Waals surface area contributed by atoms with Gasteiger partial charge in [0.2, 0.25) is 0 Å². The molecule has 268 valence electrons. The summed E-state index contributed by atoms with van der Waals surface area (Å²) in [5, 5.41) is 16.6. The van der Waals surface area contributed by atoms with Gasteiger partial charge in [-0.3, -0.25) is 4.90 Å². The van der Waals surface area contributed by atoms with Crippen LogP contribution in [0.1, 0.15) is 44.2 Å². The Balaban J connectivity index is 1.16. The Morgan fingerprint density at radius 3 is 2.56 bits per heavy atom. The lowest BCUT2D eigenvalue weighted by molar-refractivity contribution is -0.139. The second kappa shape index (κ2) is 14.6. The molecule has 0 amide bonds. The second-order valence-corrected chi connectivity index (χ2v) is 15.8. The van der Waals surface area contributed by atoms with E-state index in [1.54, 1.807) is 0 Å². The maximum Gasteiger partial charge on any atom is 0.341 e. The standard InChI is InChI=1S/C37H44F2N4O6S/c1-3-37(38,39)25-43-28(6-5-17-40-32-14-13-29(50(2,46)47)21-34(32)49-22-35(44)45)20-30-31(7-4-8-33(30)43)41-26-9-11-27(12-10-26)42-23-36(24-42)15-18-48-19-16-36/h3-4,7-8,13-14,20-21,26-27,40-41H,1,9-12,15-19,22-25H2,2H3,(H,44,45). The number of halogens is 2. The van der Waals surface area contributed by atoms with Crippen LogP contribution in [-0.4, -0.2) is 92.7 Å². The Bertz CT molecular complexity index is 1900. The summed E-state index contributed by atoms with van der Waals surface area (Å²) in [5.41, 5.74) is 2.70. The van der Waals surface area contributed by atoms with Crippen LogP contribution >= 0.6 is 0 Å². The van der Waals surface area contributed by atoms with Crippen LogP contribution in [0.25, 0.3) is 10.9 Å². The smallest absolute Gasteiger partial charge is 0.341 e. The summed E-state index contributed by atoms with van der Waals surface area (Å²) in [6.45, 7) is 6.17. The van der Waals surface area contributed by atoms with Crippen molar-refractivity contribution < 1.29 is 36.6 Å². The van der Waals surface area contributed by atoms with Crippen molar-refractivity contribution in [2.75, 3.05) is 56.3 Å². The van der Waals surface area contributed by atoms with E-state index in [-0.39, 0.29) is 23.2 Å². The fraction of sp³-hybridized carbons (Fsp3) is 0.486. The third-order valence-corrected chi connectivity index (χ3v) is 11.2. The number of allylic oxidation sites excluding steroid dienone is 1. The molecular weight excluding hydrogens is 666 g/mol. The largest absolute Gasteiger partial charge is 0.480 e. The van der Waals surface area contributed by atoms with E-state index in [1.165, 1.54) is 35.9 Å². The summed E-state index contributed by atoms with van der Waals surface area (Å²) in [7, 11) is -3.56. The maximum absolute atomic E-state index is 14.7. The molecule has 10 nitrogen and oxygen atoms in total. The van der Waals surface area contributed by atoms with Gasteiger partial charge in [-0.2, -0.15) is 0 Å². The number of hydrogen-bond acceptors (Lipinski definition) is 8. The van der Waals surface area contributed by atoms with Gasteiger partial charge < -0.3 is 29.8 Å². The number of nitrogens with zero attached hydrogens (tertiary/aromatic N) is 2. The average molecular weight is 711 g/mol. The highest BCUT2D eigenvalue weighted by molar-refractivity contribution is 7.90. The van der Waals surface area contributed by atoms with Crippen molar-refractivity contribution in [2.24, 2.45) is 5.41 Å². The van der Waals surface area contributed by atoms with E-state index in [1.807, 2.05) is 24.3 Å². The zero-order chi connectivity index (χ0) is 35.5. The van der Waals surface area contributed by atoms with Crippen LogP contribution in [0.2, 0.25) is 0 Å². The molecule has 3 aromatic rings. The zero-order valence-corrected chi connectivity index (χ0v) is 29.0. The van der Waals surface area contributed by atoms with E-state index >= 15 is 0 Å². The average Bonchev–Trinajstić information content (AvgIpc) is 3.42. The quantitative estimate of drug-likeness (QED) is 0.162. The predicted octanol–water partition coefficient (Wildman–Crippen LogP) is 5.63. The Morgan fingerprint density at radius 1 is 1.14 bits per heavy atom. The first kappa shape index (κ1) is 35.7. The van der Waals surface area contributed by atoms with Gasteiger partial charge in [-0.05, 0) is 80.9 Å². The molecule has 3 fully saturated rings. The molecule has 6 rings (SSSR count). The van der Waals surface area contributed by atoms with Gasteiger partial charge in [-0.15, -0.1) is 0 Å². The molecule has 2 aromatic carbocycles. The number of hydrogen-bond donors (Lipinski definition) is 3. The molecule has 0 radical (unpaired) electrons. The van der Waals surface area contributed by atoms with Crippen molar-refractivity contribution in [3.63, 3.8) is 0 Å². The van der Waals surface area contributed by atoms with E-state index in [4.69, 9.17) is 14.6 Å². The minimum atomic E-state index is -3.56. The number of carbonyl (C=O) groups is 1. The number of carboxylic acids is 1. The topological polar surface area (TPSA) is 122 Å². The molecule has 13 heteroatoms. The molecule has 2 saturated heterocycles. The molecule has 1 spiro atoms. The molecule has 1 saturated carbocycles. The number of ether oxygens (including phenoxy) is 2. The Morgan fingerprint density at radius 2 is 1.88 bits per heavy atom. The summed E-state index contributed by atoms with van der Waals surface area (Å²) in [5.74, 6) is 1.64. The molecular formula is C37H44F2N4O6S. The lowest BCUT2D eigenvalue weighted by atomic mass is 9.71. The van der Waals surface area contributed by atoms with E-state index in [0.717, 1.165) is 69.1 Å². The van der Waals surface area contributed by atoms with Crippen LogP contribution in [0.15, 0.2) is 60.0 Å². The minimum Gasteiger partial charge on any atom is -0.480 e. The number of anilines is 2. The molecule has 3 N–H and O–H groups in total. The van der Waals surface area contributed by atoms with E-state index < -0.39 is 34.9 Å². The highest BCUT2D eigenvalue weighted by Crippen LogP contribution is 2.43. The van der Waals surface area contributed by atoms with Crippen molar-refractivity contribution in [1.82, 2.24) is 9.47 Å². The monoisotopic (exact) mass is 710 g/mol. The SMILES string of the molecule is C=CC(F)(F)Cn1c(C#CCNc2ccc(S(C)(=O)=O)cc2OCC(=O)O)cc2c(NC3CCC(N4CC5(CCOCC5)C4)CC3)cccc21. The lowest BCUT2D eigenvalue weighted by Crippen LogP contribution is -2.62. The number of carboxylic acid groups (broad SMARTS) is 1. The van der Waals surface area contributed by atoms with Gasteiger partial charge in [-0.1, -0.05) is 18.6 Å². The van der Waals surface area contributed by atoms with Crippen molar-refractivity contribution >= 4 is 38.1 Å². The summed E-state index contributed by atoms with van der Waals surface area (Å²) in [6, 6.07) is 12.5. The molecule has 50 heavy (non-hydrogen) atoms. The summed E-state index contributed by atoms with van der Waals surface area (Å²) in [4.78, 5) is 13.7. The predicted molar refractivity (Wildman–Crippen MR) is 189 cm³/mol. The molecule has 1 aromatic heterocycles. The third kappa shape index (κ3) is 8.25. The van der Waals surface area contributed by atoms with Gasteiger partial charge in [0.05, 0.1) is 34.9 Å². The number of likely N-dealkylation sites (tertiary alicyclic amines) is 1. The van der Waals surface area contributed by atoms with E-state index in [0.29, 0.717) is 34.4 Å². The first-order chi connectivity index (χ1) is 23.8. The van der Waals surface area contributed by atoms with Gasteiger partial charge in [0.25, 0.3) is 5.92 Å². The van der Waals surface area contributed by atoms with Crippen molar-refractivity contribution in [2.45, 2.75) is 68.0 Å². The molecule has 3 heterocycles. The van der Waals surface area contributed by atoms with E-state index in [2.05, 4.69) is 34.0 Å². The number of sulfone groups is 1. The minimum absolute atomic E-state index is 0.0284. The number of aromatic nitrogens is 1. The summed E-state index contributed by atoms with van der Waals surface area (Å²) < 4.78 is 65.9. The number of rotatable bonds is 12. The van der Waals surface area contributed by atoms with Crippen molar-refractivity contribution in [3.8, 4) is 17.6 Å². The van der Waals surface area contributed by atoms with Crippen LogP contribution < -0.4 is 15.4 Å². The number of benzene rings is 2. The van der Waals surface area contributed by atoms with E-state index in [9.17, 15) is 22.0 Å². The second-order valence-electron chi connectivity index (χ2n) is 13.8. The van der Waals surface area contributed by atoms with Gasteiger partial charge in [-0.25, -0.2) is 22.0 Å².